The van der Waals surface area contributed by atoms with Gasteiger partial charge in [0.25, 0.3) is 5.91 Å². The Balaban J connectivity index is 2.27. The molecule has 0 unspecified atom stereocenters. The Morgan fingerprint density at radius 2 is 2.00 bits per heavy atom. The summed E-state index contributed by atoms with van der Waals surface area (Å²) < 4.78 is 10.4. The van der Waals surface area contributed by atoms with Crippen molar-refractivity contribution >= 4 is 52.2 Å². The highest BCUT2D eigenvalue weighted by molar-refractivity contribution is 8.26. The maximum atomic E-state index is 12.2. The number of thioether (sulfide) groups is 1. The zero-order valence-electron chi connectivity index (χ0n) is 12.9. The molecule has 1 amide bonds. The Morgan fingerprint density at radius 1 is 1.28 bits per heavy atom. The van der Waals surface area contributed by atoms with Gasteiger partial charge < -0.3 is 19.7 Å². The van der Waals surface area contributed by atoms with E-state index in [0.29, 0.717) is 11.3 Å². The summed E-state index contributed by atoms with van der Waals surface area (Å²) >= 11 is 6.01. The first-order valence-corrected chi connectivity index (χ1v) is 8.04. The minimum absolute atomic E-state index is 0.162. The summed E-state index contributed by atoms with van der Waals surface area (Å²) in [6.07, 6.45) is 1.52. The van der Waals surface area contributed by atoms with Gasteiger partial charge in [0.1, 0.15) is 10.9 Å². The molecular weight excluding hydrogens is 370 g/mol. The Kier molecular flexibility index (Phi) is 5.99. The van der Waals surface area contributed by atoms with Gasteiger partial charge in [-0.15, -0.1) is 0 Å². The van der Waals surface area contributed by atoms with E-state index < -0.39 is 31.0 Å². The van der Waals surface area contributed by atoms with Gasteiger partial charge in [0, 0.05) is 0 Å². The molecule has 1 saturated heterocycles. The van der Waals surface area contributed by atoms with Gasteiger partial charge >= 0.3 is 11.9 Å². The van der Waals surface area contributed by atoms with Gasteiger partial charge in [-0.1, -0.05) is 30.0 Å². The number of carboxylic acids is 2. The van der Waals surface area contributed by atoms with Crippen LogP contribution in [0.1, 0.15) is 5.56 Å². The molecule has 0 aromatic heterocycles. The molecule has 0 aliphatic carbocycles. The molecule has 1 aromatic rings. The first kappa shape index (κ1) is 18.7. The molecule has 10 heteroatoms. The topological polar surface area (TPSA) is 113 Å². The highest BCUT2D eigenvalue weighted by Crippen LogP contribution is 2.34. The van der Waals surface area contributed by atoms with Crippen molar-refractivity contribution in [1.29, 1.82) is 0 Å². The van der Waals surface area contributed by atoms with Crippen LogP contribution in [-0.4, -0.2) is 57.5 Å². The number of carbonyl (C=O) groups is 3. The van der Waals surface area contributed by atoms with E-state index in [9.17, 15) is 14.4 Å². The second kappa shape index (κ2) is 7.99. The number of benzene rings is 1. The molecule has 0 radical (unpaired) electrons. The first-order chi connectivity index (χ1) is 11.8. The van der Waals surface area contributed by atoms with Gasteiger partial charge in [-0.05, 0) is 23.8 Å². The molecule has 132 valence electrons. The van der Waals surface area contributed by atoms with Crippen molar-refractivity contribution in [3.8, 4) is 11.5 Å². The standard InChI is InChI=1S/C15H13NO7S2/c1-22-9-3-2-8(4-10(9)23-7-13(19)20)5-11-14(21)16(6-12(17)18)15(24)25-11/h2-5H,6-7H2,1H3,(H,17,18)(H,19,20). The Hall–Kier alpha value is -2.59. The highest BCUT2D eigenvalue weighted by Gasteiger charge is 2.33. The van der Waals surface area contributed by atoms with Crippen LogP contribution >= 0.6 is 24.0 Å². The third-order valence-corrected chi connectivity index (χ3v) is 4.38. The van der Waals surface area contributed by atoms with E-state index in [4.69, 9.17) is 31.9 Å². The van der Waals surface area contributed by atoms with Gasteiger partial charge in [-0.3, -0.25) is 14.5 Å². The number of aliphatic carboxylic acids is 2. The van der Waals surface area contributed by atoms with Crippen LogP contribution in [0.5, 0.6) is 11.5 Å². The number of hydrogen-bond donors (Lipinski definition) is 2. The summed E-state index contributed by atoms with van der Waals surface area (Å²) in [6, 6.07) is 4.74. The molecule has 8 nitrogen and oxygen atoms in total. The monoisotopic (exact) mass is 383 g/mol. The van der Waals surface area contributed by atoms with E-state index in [-0.39, 0.29) is 15.0 Å². The largest absolute Gasteiger partial charge is 0.493 e. The van der Waals surface area contributed by atoms with Crippen molar-refractivity contribution in [3.63, 3.8) is 0 Å². The highest BCUT2D eigenvalue weighted by atomic mass is 32.2. The molecule has 25 heavy (non-hydrogen) atoms. The number of ether oxygens (including phenoxy) is 2. The number of nitrogens with zero attached hydrogens (tertiary/aromatic N) is 1. The maximum Gasteiger partial charge on any atom is 0.341 e. The zero-order chi connectivity index (χ0) is 18.6. The zero-order valence-corrected chi connectivity index (χ0v) is 14.6. The number of thiocarbonyl (C=S) groups is 1. The summed E-state index contributed by atoms with van der Waals surface area (Å²) in [4.78, 5) is 34.9. The van der Waals surface area contributed by atoms with Crippen LogP contribution in [0.2, 0.25) is 0 Å². The van der Waals surface area contributed by atoms with Gasteiger partial charge in [0.05, 0.1) is 12.0 Å². The number of rotatable bonds is 7. The molecular formula is C15H13NO7S2. The fraction of sp³-hybridized carbons (Fsp3) is 0.200. The number of carbonyl (C=O) groups excluding carboxylic acids is 1. The summed E-state index contributed by atoms with van der Waals surface area (Å²) in [5.41, 5.74) is 0.553. The molecule has 2 N–H and O–H groups in total. The van der Waals surface area contributed by atoms with Gasteiger partial charge in [-0.25, -0.2) is 4.79 Å². The van der Waals surface area contributed by atoms with Gasteiger partial charge in [0.2, 0.25) is 0 Å². The van der Waals surface area contributed by atoms with Crippen LogP contribution in [0.25, 0.3) is 6.08 Å². The van der Waals surface area contributed by atoms with Crippen LogP contribution in [0.4, 0.5) is 0 Å². The SMILES string of the molecule is COc1ccc(C=C2SC(=S)N(CC(=O)O)C2=O)cc1OCC(=O)O. The lowest BCUT2D eigenvalue weighted by Crippen LogP contribution is -2.33. The van der Waals surface area contributed by atoms with Gasteiger partial charge in [0.15, 0.2) is 18.1 Å². The van der Waals surface area contributed by atoms with E-state index in [2.05, 4.69) is 0 Å². The normalized spacial score (nSPS) is 15.6. The lowest BCUT2D eigenvalue weighted by Gasteiger charge is -2.10. The van der Waals surface area contributed by atoms with Crippen LogP contribution in [0.15, 0.2) is 23.1 Å². The lowest BCUT2D eigenvalue weighted by atomic mass is 10.2. The van der Waals surface area contributed by atoms with E-state index in [1.54, 1.807) is 12.1 Å². The predicted octanol–water partition coefficient (Wildman–Crippen LogP) is 1.44. The fourth-order valence-corrected chi connectivity index (χ4v) is 3.21. The molecule has 0 saturated carbocycles. The van der Waals surface area contributed by atoms with Crippen molar-refractivity contribution in [1.82, 2.24) is 4.90 Å². The van der Waals surface area contributed by atoms with Crippen molar-refractivity contribution in [2.45, 2.75) is 0 Å². The predicted molar refractivity (Wildman–Crippen MR) is 93.6 cm³/mol. The third kappa shape index (κ3) is 4.70. The number of methoxy groups -OCH3 is 1. The number of amides is 1. The van der Waals surface area contributed by atoms with Crippen molar-refractivity contribution in [2.75, 3.05) is 20.3 Å². The van der Waals surface area contributed by atoms with Gasteiger partial charge in [-0.2, -0.15) is 0 Å². The van der Waals surface area contributed by atoms with E-state index in [1.807, 2.05) is 0 Å². The quantitative estimate of drug-likeness (QED) is 0.533. The average Bonchev–Trinajstić information content (AvgIpc) is 2.80. The van der Waals surface area contributed by atoms with E-state index in [0.717, 1.165) is 16.7 Å². The Morgan fingerprint density at radius 3 is 2.60 bits per heavy atom. The third-order valence-electron chi connectivity index (χ3n) is 3.00. The Labute approximate surface area is 152 Å². The molecule has 0 spiro atoms. The first-order valence-electron chi connectivity index (χ1n) is 6.81. The summed E-state index contributed by atoms with van der Waals surface area (Å²) in [5.74, 6) is -2.24. The fourth-order valence-electron chi connectivity index (χ4n) is 1.96. The molecule has 1 aromatic carbocycles. The van der Waals surface area contributed by atoms with Crippen LogP contribution in [0, 0.1) is 0 Å². The maximum absolute atomic E-state index is 12.2. The summed E-state index contributed by atoms with van der Waals surface area (Å²) in [7, 11) is 1.42. The van der Waals surface area contributed by atoms with Crippen molar-refractivity contribution in [3.05, 3.63) is 28.7 Å². The van der Waals surface area contributed by atoms with Crippen LogP contribution < -0.4 is 9.47 Å². The average molecular weight is 383 g/mol. The second-order valence-corrected chi connectivity index (χ2v) is 6.43. The van der Waals surface area contributed by atoms with E-state index >= 15 is 0 Å². The Bertz CT molecular complexity index is 775. The molecule has 0 bridgehead atoms. The molecule has 1 aliphatic rings. The van der Waals surface area contributed by atoms with Crippen molar-refractivity contribution < 1.29 is 34.1 Å². The van der Waals surface area contributed by atoms with E-state index in [1.165, 1.54) is 19.3 Å². The molecule has 1 aliphatic heterocycles. The molecule has 1 heterocycles. The van der Waals surface area contributed by atoms with Crippen molar-refractivity contribution in [2.24, 2.45) is 0 Å². The lowest BCUT2D eigenvalue weighted by molar-refractivity contribution is -0.140. The van der Waals surface area contributed by atoms with Crippen LogP contribution in [0.3, 0.4) is 0 Å². The van der Waals surface area contributed by atoms with Crippen LogP contribution in [-0.2, 0) is 14.4 Å². The number of hydrogen-bond acceptors (Lipinski definition) is 7. The molecule has 0 atom stereocenters. The minimum atomic E-state index is -1.16. The number of carboxylic acid groups (broad SMARTS) is 2. The second-order valence-electron chi connectivity index (χ2n) is 4.75. The molecule has 2 rings (SSSR count). The minimum Gasteiger partial charge on any atom is -0.493 e. The summed E-state index contributed by atoms with van der Waals surface area (Å²) in [6.45, 7) is -1.04. The molecule has 1 fully saturated rings. The summed E-state index contributed by atoms with van der Waals surface area (Å²) in [5, 5.41) is 17.5. The smallest absolute Gasteiger partial charge is 0.341 e.